The highest BCUT2D eigenvalue weighted by Crippen LogP contribution is 2.08. The molecule has 0 atom stereocenters. The number of hydrogen-bond donors (Lipinski definition) is 0. The van der Waals surface area contributed by atoms with Gasteiger partial charge in [-0.3, -0.25) is 4.79 Å². The van der Waals surface area contributed by atoms with Crippen molar-refractivity contribution in [2.75, 3.05) is 6.61 Å². The van der Waals surface area contributed by atoms with Gasteiger partial charge in [0.25, 0.3) is 0 Å². The predicted octanol–water partition coefficient (Wildman–Crippen LogP) is 2.83. The molecular weight excluding hydrogens is 208 g/mol. The molecule has 0 radical (unpaired) electrons. The molecule has 0 amide bonds. The molecule has 4 heteroatoms. The lowest BCUT2D eigenvalue weighted by Crippen LogP contribution is -2.05. The van der Waals surface area contributed by atoms with Crippen molar-refractivity contribution in [3.05, 3.63) is 23.7 Å². The average Bonchev–Trinajstić information content (AvgIpc) is 2.77. The summed E-state index contributed by atoms with van der Waals surface area (Å²) in [4.78, 5) is 21.7. The van der Waals surface area contributed by atoms with Gasteiger partial charge in [0.2, 0.25) is 5.76 Å². The van der Waals surface area contributed by atoms with Crippen molar-refractivity contribution >= 4 is 12.3 Å². The molecule has 0 aliphatic carbocycles. The highest BCUT2D eigenvalue weighted by molar-refractivity contribution is 5.87. The van der Waals surface area contributed by atoms with Crippen LogP contribution in [0.5, 0.6) is 0 Å². The van der Waals surface area contributed by atoms with Crippen LogP contribution in [0.3, 0.4) is 0 Å². The smallest absolute Gasteiger partial charge is 0.374 e. The normalized spacial score (nSPS) is 10.1. The molecule has 1 aromatic heterocycles. The summed E-state index contributed by atoms with van der Waals surface area (Å²) in [6.45, 7) is 2.52. The molecule has 0 aromatic carbocycles. The molecule has 0 spiro atoms. The second-order valence-corrected chi connectivity index (χ2v) is 3.52. The standard InChI is InChI=1S/C12H16O4/c1-2-3-4-5-8-15-12(14)11-7-6-10(9-13)16-11/h6-7,9H,2-5,8H2,1H3. The van der Waals surface area contributed by atoms with Gasteiger partial charge < -0.3 is 9.15 Å². The van der Waals surface area contributed by atoms with Crippen molar-refractivity contribution in [3.8, 4) is 0 Å². The lowest BCUT2D eigenvalue weighted by Gasteiger charge is -2.01. The number of rotatable bonds is 7. The van der Waals surface area contributed by atoms with E-state index in [1.807, 2.05) is 0 Å². The van der Waals surface area contributed by atoms with E-state index in [0.717, 1.165) is 25.7 Å². The van der Waals surface area contributed by atoms with Crippen LogP contribution in [-0.4, -0.2) is 18.9 Å². The Morgan fingerprint density at radius 1 is 1.38 bits per heavy atom. The maximum absolute atomic E-state index is 11.4. The van der Waals surface area contributed by atoms with Crippen LogP contribution in [0.15, 0.2) is 16.5 Å². The molecule has 0 N–H and O–H groups in total. The second-order valence-electron chi connectivity index (χ2n) is 3.52. The van der Waals surface area contributed by atoms with Crippen LogP contribution in [0.2, 0.25) is 0 Å². The first-order valence-corrected chi connectivity index (χ1v) is 5.50. The van der Waals surface area contributed by atoms with Crippen LogP contribution in [0.25, 0.3) is 0 Å². The number of aldehydes is 1. The average molecular weight is 224 g/mol. The Balaban J connectivity index is 2.27. The van der Waals surface area contributed by atoms with Crippen LogP contribution in [0, 0.1) is 0 Å². The van der Waals surface area contributed by atoms with E-state index >= 15 is 0 Å². The third kappa shape index (κ3) is 3.88. The minimum absolute atomic E-state index is 0.0811. The Labute approximate surface area is 94.6 Å². The SMILES string of the molecule is CCCCCCOC(=O)c1ccc(C=O)o1. The van der Waals surface area contributed by atoms with E-state index in [2.05, 4.69) is 6.92 Å². The third-order valence-corrected chi connectivity index (χ3v) is 2.18. The van der Waals surface area contributed by atoms with E-state index in [0.29, 0.717) is 12.9 Å². The lowest BCUT2D eigenvalue weighted by atomic mass is 10.2. The first-order valence-electron chi connectivity index (χ1n) is 5.50. The second kappa shape index (κ2) is 6.82. The fourth-order valence-electron chi connectivity index (χ4n) is 1.29. The van der Waals surface area contributed by atoms with E-state index in [9.17, 15) is 9.59 Å². The molecule has 1 heterocycles. The van der Waals surface area contributed by atoms with E-state index < -0.39 is 5.97 Å². The Kier molecular flexibility index (Phi) is 5.32. The Morgan fingerprint density at radius 2 is 2.19 bits per heavy atom. The van der Waals surface area contributed by atoms with Crippen LogP contribution < -0.4 is 0 Å². The topological polar surface area (TPSA) is 56.5 Å². The number of furan rings is 1. The Bertz CT molecular complexity index is 341. The van der Waals surface area contributed by atoms with Crippen molar-refractivity contribution < 1.29 is 18.7 Å². The highest BCUT2D eigenvalue weighted by atomic mass is 16.5. The molecule has 0 saturated heterocycles. The van der Waals surface area contributed by atoms with Gasteiger partial charge in [0.1, 0.15) is 0 Å². The van der Waals surface area contributed by atoms with Crippen molar-refractivity contribution in [1.82, 2.24) is 0 Å². The van der Waals surface area contributed by atoms with Gasteiger partial charge in [-0.05, 0) is 18.6 Å². The zero-order chi connectivity index (χ0) is 11.8. The number of carbonyl (C=O) groups is 2. The minimum atomic E-state index is -0.510. The zero-order valence-corrected chi connectivity index (χ0v) is 9.40. The fourth-order valence-corrected chi connectivity index (χ4v) is 1.29. The van der Waals surface area contributed by atoms with Crippen LogP contribution in [-0.2, 0) is 4.74 Å². The van der Waals surface area contributed by atoms with E-state index in [-0.39, 0.29) is 11.5 Å². The summed E-state index contributed by atoms with van der Waals surface area (Å²) in [7, 11) is 0. The number of hydrogen-bond acceptors (Lipinski definition) is 4. The van der Waals surface area contributed by atoms with Gasteiger partial charge in [-0.2, -0.15) is 0 Å². The number of ether oxygens (including phenoxy) is 1. The van der Waals surface area contributed by atoms with Gasteiger partial charge in [-0.15, -0.1) is 0 Å². The summed E-state index contributed by atoms with van der Waals surface area (Å²) in [6.07, 6.45) is 4.77. The molecule has 0 aliphatic rings. The molecule has 0 aliphatic heterocycles. The van der Waals surface area contributed by atoms with Crippen molar-refractivity contribution in [3.63, 3.8) is 0 Å². The summed E-state index contributed by atoms with van der Waals surface area (Å²) in [6, 6.07) is 2.89. The fraction of sp³-hybridized carbons (Fsp3) is 0.500. The van der Waals surface area contributed by atoms with Gasteiger partial charge in [-0.25, -0.2) is 4.79 Å². The molecule has 0 fully saturated rings. The number of esters is 1. The summed E-state index contributed by atoms with van der Waals surface area (Å²) < 4.78 is 9.91. The van der Waals surface area contributed by atoms with Gasteiger partial charge in [-0.1, -0.05) is 26.2 Å². The maximum Gasteiger partial charge on any atom is 0.374 e. The monoisotopic (exact) mass is 224 g/mol. The summed E-state index contributed by atoms with van der Waals surface area (Å²) in [5, 5.41) is 0. The van der Waals surface area contributed by atoms with E-state index in [1.165, 1.54) is 12.1 Å². The van der Waals surface area contributed by atoms with Gasteiger partial charge in [0.05, 0.1) is 6.61 Å². The van der Waals surface area contributed by atoms with Gasteiger partial charge >= 0.3 is 5.97 Å². The largest absolute Gasteiger partial charge is 0.460 e. The summed E-state index contributed by atoms with van der Waals surface area (Å²) in [5.41, 5.74) is 0. The maximum atomic E-state index is 11.4. The molecular formula is C12H16O4. The van der Waals surface area contributed by atoms with E-state index in [4.69, 9.17) is 9.15 Å². The molecule has 16 heavy (non-hydrogen) atoms. The van der Waals surface area contributed by atoms with Crippen LogP contribution in [0.4, 0.5) is 0 Å². The third-order valence-electron chi connectivity index (χ3n) is 2.18. The quantitative estimate of drug-likeness (QED) is 0.406. The predicted molar refractivity (Wildman–Crippen MR) is 58.5 cm³/mol. The summed E-state index contributed by atoms with van der Waals surface area (Å²) >= 11 is 0. The highest BCUT2D eigenvalue weighted by Gasteiger charge is 2.11. The van der Waals surface area contributed by atoms with E-state index in [1.54, 1.807) is 0 Å². The zero-order valence-electron chi connectivity index (χ0n) is 9.40. The lowest BCUT2D eigenvalue weighted by molar-refractivity contribution is 0.0460. The molecule has 1 aromatic rings. The molecule has 4 nitrogen and oxygen atoms in total. The number of unbranched alkanes of at least 4 members (excludes halogenated alkanes) is 3. The van der Waals surface area contributed by atoms with Gasteiger partial charge in [0, 0.05) is 0 Å². The molecule has 88 valence electrons. The van der Waals surface area contributed by atoms with Crippen LogP contribution >= 0.6 is 0 Å². The minimum Gasteiger partial charge on any atom is -0.460 e. The molecule has 0 unspecified atom stereocenters. The van der Waals surface area contributed by atoms with Crippen molar-refractivity contribution in [2.24, 2.45) is 0 Å². The molecule has 1 rings (SSSR count). The van der Waals surface area contributed by atoms with Crippen molar-refractivity contribution in [1.29, 1.82) is 0 Å². The molecule has 0 bridgehead atoms. The van der Waals surface area contributed by atoms with Gasteiger partial charge in [0.15, 0.2) is 12.0 Å². The Morgan fingerprint density at radius 3 is 2.81 bits per heavy atom. The number of carbonyl (C=O) groups excluding carboxylic acids is 2. The van der Waals surface area contributed by atoms with Crippen molar-refractivity contribution in [2.45, 2.75) is 32.6 Å². The first-order chi connectivity index (χ1) is 7.77. The van der Waals surface area contributed by atoms with Crippen LogP contribution in [0.1, 0.15) is 53.7 Å². The molecule has 0 saturated carbocycles. The summed E-state index contributed by atoms with van der Waals surface area (Å²) in [5.74, 6) is -0.292. The Hall–Kier alpha value is -1.58. The first kappa shape index (κ1) is 12.5.